The number of imide groups is 1. The van der Waals surface area contributed by atoms with Crippen molar-refractivity contribution < 1.29 is 9.59 Å². The van der Waals surface area contributed by atoms with Crippen LogP contribution >= 0.6 is 11.8 Å². The quantitative estimate of drug-likeness (QED) is 0.860. The molecule has 0 spiro atoms. The molecule has 1 N–H and O–H groups in total. The summed E-state index contributed by atoms with van der Waals surface area (Å²) < 4.78 is 0. The number of pyridine rings is 1. The smallest absolute Gasteiger partial charge is 0.324 e. The van der Waals surface area contributed by atoms with E-state index in [1.807, 2.05) is 20.8 Å². The summed E-state index contributed by atoms with van der Waals surface area (Å²) in [6, 6.07) is 1.81. The molecule has 1 aromatic rings. The number of hydrogen-bond donors (Lipinski definition) is 1. The summed E-state index contributed by atoms with van der Waals surface area (Å²) in [5, 5.41) is 12.0. The Labute approximate surface area is 133 Å². The zero-order chi connectivity index (χ0) is 16.4. The number of urea groups is 1. The minimum atomic E-state index is -0.482. The van der Waals surface area contributed by atoms with Crippen molar-refractivity contribution in [2.24, 2.45) is 0 Å². The third-order valence-electron chi connectivity index (χ3n) is 3.83. The highest BCUT2D eigenvalue weighted by molar-refractivity contribution is 8.00. The van der Waals surface area contributed by atoms with Crippen LogP contribution in [-0.4, -0.2) is 40.2 Å². The highest BCUT2D eigenvalue weighted by atomic mass is 32.2. The van der Waals surface area contributed by atoms with Crippen LogP contribution in [0.1, 0.15) is 29.3 Å². The van der Waals surface area contributed by atoms with Gasteiger partial charge in [0.1, 0.15) is 11.1 Å². The monoisotopic (exact) mass is 318 g/mol. The molecule has 116 valence electrons. The van der Waals surface area contributed by atoms with Gasteiger partial charge in [0.25, 0.3) is 0 Å². The number of aryl methyl sites for hydroxylation is 1. The molecule has 2 rings (SSSR count). The lowest BCUT2D eigenvalue weighted by Crippen LogP contribution is -2.39. The second-order valence-electron chi connectivity index (χ2n) is 5.22. The van der Waals surface area contributed by atoms with Gasteiger partial charge in [-0.2, -0.15) is 5.26 Å². The molecule has 1 unspecified atom stereocenters. The van der Waals surface area contributed by atoms with Crippen LogP contribution in [-0.2, 0) is 4.79 Å². The number of nitrogens with one attached hydrogen (secondary N) is 1. The number of thioether (sulfide) groups is 1. The van der Waals surface area contributed by atoms with Gasteiger partial charge in [0, 0.05) is 18.8 Å². The molecule has 1 aliphatic heterocycles. The van der Waals surface area contributed by atoms with Gasteiger partial charge in [-0.15, -0.1) is 0 Å². The van der Waals surface area contributed by atoms with E-state index in [1.165, 1.54) is 16.7 Å². The number of aromatic nitrogens is 1. The summed E-state index contributed by atoms with van der Waals surface area (Å²) in [6.45, 7) is 8.28. The van der Waals surface area contributed by atoms with Gasteiger partial charge < -0.3 is 5.32 Å². The van der Waals surface area contributed by atoms with Crippen molar-refractivity contribution in [3.63, 3.8) is 0 Å². The van der Waals surface area contributed by atoms with E-state index in [-0.39, 0.29) is 11.9 Å². The van der Waals surface area contributed by atoms with Crippen molar-refractivity contribution >= 4 is 23.7 Å². The van der Waals surface area contributed by atoms with Crippen LogP contribution in [0.2, 0.25) is 0 Å². The third-order valence-corrected chi connectivity index (χ3v) is 4.91. The van der Waals surface area contributed by atoms with Gasteiger partial charge in [-0.3, -0.25) is 9.69 Å². The summed E-state index contributed by atoms with van der Waals surface area (Å²) in [4.78, 5) is 29.5. The van der Waals surface area contributed by atoms with Crippen molar-refractivity contribution in [3.8, 4) is 6.07 Å². The molecule has 2 heterocycles. The molecule has 1 saturated heterocycles. The SMILES string of the molecule is Cc1nc(SC(C)C(=O)N2CCNC2=O)c(C#N)c(C)c1C. The average molecular weight is 318 g/mol. The summed E-state index contributed by atoms with van der Waals surface area (Å²) in [7, 11) is 0. The highest BCUT2D eigenvalue weighted by Crippen LogP contribution is 2.30. The lowest BCUT2D eigenvalue weighted by atomic mass is 10.1. The Hall–Kier alpha value is -2.07. The lowest BCUT2D eigenvalue weighted by Gasteiger charge is -2.18. The Bertz CT molecular complexity index is 681. The van der Waals surface area contributed by atoms with E-state index in [2.05, 4.69) is 16.4 Å². The number of hydrogen-bond acceptors (Lipinski definition) is 5. The standard InChI is InChI=1S/C15H18N4O2S/c1-8-9(2)12(7-16)13(18-10(8)3)22-11(4)14(20)19-6-5-17-15(19)21/h11H,5-6H2,1-4H3,(H,17,21). The maximum absolute atomic E-state index is 12.3. The van der Waals surface area contributed by atoms with E-state index in [1.54, 1.807) is 6.92 Å². The van der Waals surface area contributed by atoms with Crippen LogP contribution in [0.25, 0.3) is 0 Å². The average Bonchev–Trinajstić information content (AvgIpc) is 2.90. The largest absolute Gasteiger partial charge is 0.336 e. The van der Waals surface area contributed by atoms with E-state index in [0.717, 1.165) is 16.8 Å². The Kier molecular flexibility index (Phi) is 4.71. The molecule has 22 heavy (non-hydrogen) atoms. The second kappa shape index (κ2) is 6.36. The minimum Gasteiger partial charge on any atom is -0.336 e. The molecule has 0 saturated carbocycles. The number of carbonyl (C=O) groups is 2. The molecule has 7 heteroatoms. The maximum atomic E-state index is 12.3. The van der Waals surface area contributed by atoms with Crippen LogP contribution in [0.15, 0.2) is 5.03 Å². The van der Waals surface area contributed by atoms with Crippen molar-refractivity contribution in [2.75, 3.05) is 13.1 Å². The van der Waals surface area contributed by atoms with Crippen molar-refractivity contribution in [1.29, 1.82) is 5.26 Å². The minimum absolute atomic E-state index is 0.262. The number of rotatable bonds is 3. The summed E-state index contributed by atoms with van der Waals surface area (Å²) in [5.74, 6) is -0.262. The summed E-state index contributed by atoms with van der Waals surface area (Å²) >= 11 is 1.22. The lowest BCUT2D eigenvalue weighted by molar-refractivity contribution is -0.126. The molecule has 0 bridgehead atoms. The second-order valence-corrected chi connectivity index (χ2v) is 6.55. The van der Waals surface area contributed by atoms with Gasteiger partial charge in [-0.1, -0.05) is 11.8 Å². The molecule has 1 atom stereocenters. The predicted octanol–water partition coefficient (Wildman–Crippen LogP) is 1.91. The van der Waals surface area contributed by atoms with Gasteiger partial charge in [-0.05, 0) is 38.8 Å². The van der Waals surface area contributed by atoms with Gasteiger partial charge in [0.2, 0.25) is 5.91 Å². The molecule has 6 nitrogen and oxygen atoms in total. The van der Waals surface area contributed by atoms with E-state index in [4.69, 9.17) is 0 Å². The molecule has 0 radical (unpaired) electrons. The van der Waals surface area contributed by atoms with Gasteiger partial charge >= 0.3 is 6.03 Å². The first kappa shape index (κ1) is 16.3. The van der Waals surface area contributed by atoms with Gasteiger partial charge in [-0.25, -0.2) is 9.78 Å². The zero-order valence-electron chi connectivity index (χ0n) is 13.1. The molecule has 0 aromatic carbocycles. The van der Waals surface area contributed by atoms with Crippen molar-refractivity contribution in [2.45, 2.75) is 38.0 Å². The Morgan fingerprint density at radius 2 is 2.09 bits per heavy atom. The predicted molar refractivity (Wildman–Crippen MR) is 83.6 cm³/mol. The van der Waals surface area contributed by atoms with E-state index in [0.29, 0.717) is 23.7 Å². The fourth-order valence-corrected chi connectivity index (χ4v) is 3.32. The fourth-order valence-electron chi connectivity index (χ4n) is 2.25. The maximum Gasteiger partial charge on any atom is 0.324 e. The van der Waals surface area contributed by atoms with Crippen molar-refractivity contribution in [1.82, 2.24) is 15.2 Å². The first-order valence-corrected chi connectivity index (χ1v) is 7.88. The molecular weight excluding hydrogens is 300 g/mol. The van der Waals surface area contributed by atoms with Crippen LogP contribution in [0.5, 0.6) is 0 Å². The van der Waals surface area contributed by atoms with Crippen LogP contribution in [0.3, 0.4) is 0 Å². The third kappa shape index (κ3) is 2.92. The molecule has 3 amide bonds. The van der Waals surface area contributed by atoms with Crippen molar-refractivity contribution in [3.05, 3.63) is 22.4 Å². The number of nitrogens with zero attached hydrogens (tertiary/aromatic N) is 3. The first-order valence-electron chi connectivity index (χ1n) is 7.00. The zero-order valence-corrected chi connectivity index (χ0v) is 13.9. The number of amides is 3. The molecule has 0 aliphatic carbocycles. The Balaban J connectivity index is 2.25. The summed E-state index contributed by atoms with van der Waals surface area (Å²) in [5.41, 5.74) is 3.21. The Morgan fingerprint density at radius 3 is 2.64 bits per heavy atom. The Morgan fingerprint density at radius 1 is 1.41 bits per heavy atom. The fraction of sp³-hybridized carbons (Fsp3) is 0.467. The number of carbonyl (C=O) groups excluding carboxylic acids is 2. The molecule has 1 fully saturated rings. The van der Waals surface area contributed by atoms with Gasteiger partial charge in [0.05, 0.1) is 10.8 Å². The normalized spacial score (nSPS) is 15.4. The van der Waals surface area contributed by atoms with Gasteiger partial charge in [0.15, 0.2) is 0 Å². The highest BCUT2D eigenvalue weighted by Gasteiger charge is 2.31. The van der Waals surface area contributed by atoms with E-state index in [9.17, 15) is 14.9 Å². The molecule has 1 aromatic heterocycles. The first-order chi connectivity index (χ1) is 10.4. The molecular formula is C15H18N4O2S. The van der Waals surface area contributed by atoms with Crippen LogP contribution in [0.4, 0.5) is 4.79 Å². The van der Waals surface area contributed by atoms with E-state index >= 15 is 0 Å². The van der Waals surface area contributed by atoms with Crippen LogP contribution in [0, 0.1) is 32.1 Å². The molecule has 1 aliphatic rings. The number of nitriles is 1. The van der Waals surface area contributed by atoms with Crippen LogP contribution < -0.4 is 5.32 Å². The van der Waals surface area contributed by atoms with E-state index < -0.39 is 5.25 Å². The topological polar surface area (TPSA) is 86.1 Å². The summed E-state index contributed by atoms with van der Waals surface area (Å²) in [6.07, 6.45) is 0.